The lowest BCUT2D eigenvalue weighted by Gasteiger charge is -2.19. The zero-order valence-electron chi connectivity index (χ0n) is 20.1. The summed E-state index contributed by atoms with van der Waals surface area (Å²) in [6.07, 6.45) is 4.74. The molecule has 0 fully saturated rings. The van der Waals surface area contributed by atoms with Gasteiger partial charge in [0.05, 0.1) is 24.7 Å². The SMILES string of the molecule is CN/C=N\C(=N)[C@H](C)n1c(NS(=O)(=O)[C@@H](C)Cc2ncc(C)cn2)nnc1-c1cccc(OC)n1. The molecule has 3 N–H and O–H groups in total. The second-order valence-electron chi connectivity index (χ2n) is 7.73. The third kappa shape index (κ3) is 6.15. The Balaban J connectivity index is 1.98. The predicted octanol–water partition coefficient (Wildman–Crippen LogP) is 1.61. The Morgan fingerprint density at radius 2 is 1.97 bits per heavy atom. The molecule has 13 nitrogen and oxygen atoms in total. The second-order valence-corrected chi connectivity index (χ2v) is 9.83. The van der Waals surface area contributed by atoms with Gasteiger partial charge in [0, 0.05) is 31.9 Å². The van der Waals surface area contributed by atoms with Gasteiger partial charge in [-0.2, -0.15) is 0 Å². The van der Waals surface area contributed by atoms with E-state index in [1.807, 2.05) is 6.92 Å². The van der Waals surface area contributed by atoms with Crippen LogP contribution in [0.4, 0.5) is 5.95 Å². The smallest absolute Gasteiger partial charge is 0.239 e. The van der Waals surface area contributed by atoms with Crippen LogP contribution in [0.5, 0.6) is 5.88 Å². The van der Waals surface area contributed by atoms with E-state index in [4.69, 9.17) is 10.1 Å². The molecule has 3 rings (SSSR count). The Labute approximate surface area is 203 Å². The fourth-order valence-electron chi connectivity index (χ4n) is 3.04. The van der Waals surface area contributed by atoms with Crippen LogP contribution in [0.3, 0.4) is 0 Å². The van der Waals surface area contributed by atoms with Gasteiger partial charge >= 0.3 is 0 Å². The van der Waals surface area contributed by atoms with Crippen LogP contribution in [-0.4, -0.2) is 69.7 Å². The summed E-state index contributed by atoms with van der Waals surface area (Å²) in [7, 11) is -0.778. The average molecular weight is 501 g/mol. The van der Waals surface area contributed by atoms with Gasteiger partial charge in [0.1, 0.15) is 17.4 Å². The van der Waals surface area contributed by atoms with Crippen molar-refractivity contribution < 1.29 is 13.2 Å². The summed E-state index contributed by atoms with van der Waals surface area (Å²) < 4.78 is 35.5. The minimum atomic E-state index is -3.92. The molecule has 0 bridgehead atoms. The number of sulfonamides is 1. The van der Waals surface area contributed by atoms with E-state index in [0.717, 1.165) is 5.56 Å². The Hall–Kier alpha value is -3.94. The van der Waals surface area contributed by atoms with E-state index in [1.165, 1.54) is 18.0 Å². The average Bonchev–Trinajstić information content (AvgIpc) is 3.26. The van der Waals surface area contributed by atoms with Gasteiger partial charge < -0.3 is 10.1 Å². The first kappa shape index (κ1) is 25.7. The molecule has 0 saturated carbocycles. The number of amidine groups is 1. The molecule has 0 aliphatic rings. The highest BCUT2D eigenvalue weighted by atomic mass is 32.2. The first-order chi connectivity index (χ1) is 16.7. The molecule has 0 aromatic carbocycles. The monoisotopic (exact) mass is 500 g/mol. The predicted molar refractivity (Wildman–Crippen MR) is 132 cm³/mol. The van der Waals surface area contributed by atoms with Gasteiger partial charge in [0.15, 0.2) is 5.82 Å². The van der Waals surface area contributed by atoms with E-state index in [2.05, 4.69) is 40.2 Å². The number of aromatic nitrogens is 6. The van der Waals surface area contributed by atoms with Crippen LogP contribution in [0, 0.1) is 12.3 Å². The number of aliphatic imine (C=N–C) groups is 1. The van der Waals surface area contributed by atoms with Crippen molar-refractivity contribution in [1.82, 2.24) is 35.0 Å². The molecule has 0 unspecified atom stereocenters. The molecule has 0 aliphatic carbocycles. The van der Waals surface area contributed by atoms with Crippen LogP contribution in [0.15, 0.2) is 35.6 Å². The molecule has 3 heterocycles. The minimum absolute atomic E-state index is 0.0511. The van der Waals surface area contributed by atoms with Crippen molar-refractivity contribution >= 4 is 28.1 Å². The maximum absolute atomic E-state index is 13.2. The number of ether oxygens (including phenoxy) is 1. The van der Waals surface area contributed by atoms with Gasteiger partial charge in [-0.15, -0.1) is 10.2 Å². The molecule has 0 radical (unpaired) electrons. The molecule has 3 aromatic rings. The zero-order chi connectivity index (χ0) is 25.6. The number of methoxy groups -OCH3 is 1. The lowest BCUT2D eigenvalue weighted by atomic mass is 10.2. The highest BCUT2D eigenvalue weighted by molar-refractivity contribution is 7.93. The Bertz CT molecular complexity index is 1310. The van der Waals surface area contributed by atoms with Crippen molar-refractivity contribution in [3.63, 3.8) is 0 Å². The van der Waals surface area contributed by atoms with Crippen molar-refractivity contribution in [2.75, 3.05) is 18.9 Å². The minimum Gasteiger partial charge on any atom is -0.481 e. The lowest BCUT2D eigenvalue weighted by Crippen LogP contribution is -2.30. The standard InChI is InChI=1S/C21H28N10O3S/c1-13-10-24-17(25-11-13)9-14(2)35(32,33)30-21-29-28-20(16-7-6-8-18(27-16)34-5)31(21)15(3)19(22)26-12-23-4/h6-8,10-12,14-15H,9H2,1-5H3,(H,29,30)(H2,22,23,26)/t14-,15-/m0/s1. The van der Waals surface area contributed by atoms with Crippen molar-refractivity contribution in [1.29, 1.82) is 5.41 Å². The molecular formula is C21H28N10O3S. The van der Waals surface area contributed by atoms with Crippen LogP contribution in [0.1, 0.15) is 31.3 Å². The number of anilines is 1. The van der Waals surface area contributed by atoms with Crippen LogP contribution in [0.2, 0.25) is 0 Å². The van der Waals surface area contributed by atoms with Crippen molar-refractivity contribution in [3.05, 3.63) is 42.0 Å². The summed E-state index contributed by atoms with van der Waals surface area (Å²) in [6.45, 7) is 5.09. The first-order valence-corrected chi connectivity index (χ1v) is 12.2. The van der Waals surface area contributed by atoms with Crippen LogP contribution < -0.4 is 14.8 Å². The summed E-state index contributed by atoms with van der Waals surface area (Å²) in [6, 6.07) is 4.35. The summed E-state index contributed by atoms with van der Waals surface area (Å²) in [5, 5.41) is 18.4. The van der Waals surface area contributed by atoms with E-state index >= 15 is 0 Å². The van der Waals surface area contributed by atoms with Gasteiger partial charge in [-0.25, -0.2) is 28.4 Å². The topological polar surface area (TPSA) is 173 Å². The highest BCUT2D eigenvalue weighted by Gasteiger charge is 2.28. The number of nitrogens with zero attached hydrogens (tertiary/aromatic N) is 7. The molecule has 35 heavy (non-hydrogen) atoms. The zero-order valence-corrected chi connectivity index (χ0v) is 20.9. The van der Waals surface area contributed by atoms with Gasteiger partial charge in [-0.3, -0.25) is 14.7 Å². The van der Waals surface area contributed by atoms with Gasteiger partial charge in [-0.1, -0.05) is 6.07 Å². The van der Waals surface area contributed by atoms with Crippen molar-refractivity contribution in [2.24, 2.45) is 4.99 Å². The molecule has 0 spiro atoms. The maximum atomic E-state index is 13.2. The van der Waals surface area contributed by atoms with Crippen molar-refractivity contribution in [3.8, 4) is 17.4 Å². The molecule has 14 heteroatoms. The first-order valence-electron chi connectivity index (χ1n) is 10.7. The van der Waals surface area contributed by atoms with E-state index in [9.17, 15) is 8.42 Å². The number of rotatable bonds is 10. The van der Waals surface area contributed by atoms with Crippen LogP contribution >= 0.6 is 0 Å². The number of aryl methyl sites for hydroxylation is 1. The number of hydrogen-bond acceptors (Lipinski definition) is 9. The van der Waals surface area contributed by atoms with Crippen molar-refractivity contribution in [2.45, 2.75) is 38.5 Å². The summed E-state index contributed by atoms with van der Waals surface area (Å²) in [4.78, 5) is 16.8. The third-order valence-corrected chi connectivity index (χ3v) is 6.73. The molecule has 0 aliphatic heterocycles. The number of hydrogen-bond donors (Lipinski definition) is 3. The normalized spacial score (nSPS) is 13.4. The second kappa shape index (κ2) is 11.0. The van der Waals surface area contributed by atoms with Gasteiger partial charge in [0.25, 0.3) is 0 Å². The highest BCUT2D eigenvalue weighted by Crippen LogP contribution is 2.27. The van der Waals surface area contributed by atoms with Gasteiger partial charge in [0.2, 0.25) is 21.9 Å². The molecule has 0 amide bonds. The molecule has 3 aromatic heterocycles. The van der Waals surface area contributed by atoms with Gasteiger partial charge in [-0.05, 0) is 32.4 Å². The fraction of sp³-hybridized carbons (Fsp3) is 0.381. The lowest BCUT2D eigenvalue weighted by molar-refractivity contribution is 0.398. The number of nitrogens with one attached hydrogen (secondary N) is 3. The summed E-state index contributed by atoms with van der Waals surface area (Å²) in [5.41, 5.74) is 1.27. The van der Waals surface area contributed by atoms with Crippen LogP contribution in [0.25, 0.3) is 11.5 Å². The van der Waals surface area contributed by atoms with E-state index in [-0.39, 0.29) is 24.0 Å². The quantitative estimate of drug-likeness (QED) is 0.276. The van der Waals surface area contributed by atoms with Crippen LogP contribution in [-0.2, 0) is 16.4 Å². The molecule has 2 atom stereocenters. The Morgan fingerprint density at radius 3 is 2.63 bits per heavy atom. The maximum Gasteiger partial charge on any atom is 0.239 e. The molecular weight excluding hydrogens is 472 g/mol. The fourth-order valence-corrected chi connectivity index (χ4v) is 4.00. The van der Waals surface area contributed by atoms with E-state index in [1.54, 1.807) is 51.5 Å². The number of pyridine rings is 1. The molecule has 0 saturated heterocycles. The summed E-state index contributed by atoms with van der Waals surface area (Å²) >= 11 is 0. The van der Waals surface area contributed by atoms with E-state index in [0.29, 0.717) is 17.4 Å². The Kier molecular flexibility index (Phi) is 8.06. The molecule has 186 valence electrons. The Morgan fingerprint density at radius 1 is 1.26 bits per heavy atom. The largest absolute Gasteiger partial charge is 0.481 e. The summed E-state index contributed by atoms with van der Waals surface area (Å²) in [5.74, 6) is 0.880. The van der Waals surface area contributed by atoms with E-state index < -0.39 is 21.3 Å². The third-order valence-electron chi connectivity index (χ3n) is 5.04.